The standard InChI is InChI=1S/C18H26N4S/c1-14(2)15-4-6-16(7-5-15)17-12-19-18(23-17)13-20-22-10-8-21(3)9-11-22/h4-7,12,14,20H,8-11,13H2,1-3H3. The molecule has 1 aromatic carbocycles. The highest BCUT2D eigenvalue weighted by Crippen LogP contribution is 2.27. The lowest BCUT2D eigenvalue weighted by Gasteiger charge is -2.32. The molecule has 124 valence electrons. The number of benzene rings is 1. The Balaban J connectivity index is 1.57. The van der Waals surface area contributed by atoms with Crippen LogP contribution in [-0.2, 0) is 6.54 Å². The molecular formula is C18H26N4S. The van der Waals surface area contributed by atoms with Crippen LogP contribution < -0.4 is 5.43 Å². The maximum atomic E-state index is 4.57. The van der Waals surface area contributed by atoms with Gasteiger partial charge in [-0.15, -0.1) is 11.3 Å². The number of hydrazine groups is 1. The molecular weight excluding hydrogens is 304 g/mol. The first-order valence-corrected chi connectivity index (χ1v) is 9.15. The fraction of sp³-hybridized carbons (Fsp3) is 0.500. The third kappa shape index (κ3) is 4.38. The lowest BCUT2D eigenvalue weighted by Crippen LogP contribution is -2.50. The lowest BCUT2D eigenvalue weighted by molar-refractivity contribution is 0.102. The van der Waals surface area contributed by atoms with Gasteiger partial charge in [0.05, 0.1) is 11.4 Å². The van der Waals surface area contributed by atoms with Crippen molar-refractivity contribution in [3.05, 3.63) is 41.0 Å². The normalized spacial score (nSPS) is 17.0. The van der Waals surface area contributed by atoms with E-state index in [0.29, 0.717) is 5.92 Å². The number of aromatic nitrogens is 1. The van der Waals surface area contributed by atoms with Crippen LogP contribution in [0.3, 0.4) is 0 Å². The van der Waals surface area contributed by atoms with Crippen LogP contribution in [0.1, 0.15) is 30.3 Å². The molecule has 0 spiro atoms. The van der Waals surface area contributed by atoms with Gasteiger partial charge in [0, 0.05) is 32.4 Å². The van der Waals surface area contributed by atoms with Gasteiger partial charge in [-0.1, -0.05) is 38.1 Å². The van der Waals surface area contributed by atoms with E-state index >= 15 is 0 Å². The molecule has 1 aliphatic heterocycles. The first kappa shape index (κ1) is 16.6. The maximum Gasteiger partial charge on any atom is 0.108 e. The van der Waals surface area contributed by atoms with Gasteiger partial charge in [0.15, 0.2) is 0 Å². The molecule has 1 aliphatic rings. The third-order valence-corrected chi connectivity index (χ3v) is 5.42. The van der Waals surface area contributed by atoms with Crippen LogP contribution in [0.5, 0.6) is 0 Å². The van der Waals surface area contributed by atoms with E-state index in [0.717, 1.165) is 37.7 Å². The number of hydrogen-bond acceptors (Lipinski definition) is 5. The average Bonchev–Trinajstić information content (AvgIpc) is 3.03. The van der Waals surface area contributed by atoms with Gasteiger partial charge in [-0.05, 0) is 24.1 Å². The van der Waals surface area contributed by atoms with E-state index in [-0.39, 0.29) is 0 Å². The Morgan fingerprint density at radius 3 is 2.48 bits per heavy atom. The van der Waals surface area contributed by atoms with Crippen LogP contribution in [0, 0.1) is 0 Å². The molecule has 0 amide bonds. The molecule has 1 aromatic heterocycles. The highest BCUT2D eigenvalue weighted by Gasteiger charge is 2.13. The summed E-state index contributed by atoms with van der Waals surface area (Å²) in [5, 5.41) is 3.45. The lowest BCUT2D eigenvalue weighted by atomic mass is 10.0. The molecule has 2 aromatic rings. The third-order valence-electron chi connectivity index (χ3n) is 4.37. The van der Waals surface area contributed by atoms with E-state index < -0.39 is 0 Å². The van der Waals surface area contributed by atoms with E-state index in [4.69, 9.17) is 0 Å². The molecule has 0 unspecified atom stereocenters. The highest BCUT2D eigenvalue weighted by molar-refractivity contribution is 7.15. The summed E-state index contributed by atoms with van der Waals surface area (Å²) >= 11 is 1.78. The van der Waals surface area contributed by atoms with Crippen molar-refractivity contribution >= 4 is 11.3 Å². The summed E-state index contributed by atoms with van der Waals surface area (Å²) in [5.74, 6) is 0.578. The first-order chi connectivity index (χ1) is 11.1. The first-order valence-electron chi connectivity index (χ1n) is 8.34. The van der Waals surface area contributed by atoms with E-state index in [9.17, 15) is 0 Å². The topological polar surface area (TPSA) is 31.4 Å². The Morgan fingerprint density at radius 1 is 1.13 bits per heavy atom. The van der Waals surface area contributed by atoms with Gasteiger partial charge in [-0.25, -0.2) is 15.4 Å². The summed E-state index contributed by atoms with van der Waals surface area (Å²) in [6.45, 7) is 9.67. The Morgan fingerprint density at radius 2 is 1.83 bits per heavy atom. The Hall–Kier alpha value is -1.27. The molecule has 0 radical (unpaired) electrons. The predicted octanol–water partition coefficient (Wildman–Crippen LogP) is 3.19. The second-order valence-electron chi connectivity index (χ2n) is 6.52. The van der Waals surface area contributed by atoms with Gasteiger partial charge in [0.1, 0.15) is 5.01 Å². The number of likely N-dealkylation sites (N-methyl/N-ethyl adjacent to an activating group) is 1. The van der Waals surface area contributed by atoms with Crippen molar-refractivity contribution in [3.63, 3.8) is 0 Å². The molecule has 5 heteroatoms. The monoisotopic (exact) mass is 330 g/mol. The second kappa shape index (κ2) is 7.53. The Bertz CT molecular complexity index is 612. The summed E-state index contributed by atoms with van der Waals surface area (Å²) in [5.41, 5.74) is 6.15. The van der Waals surface area contributed by atoms with Gasteiger partial charge >= 0.3 is 0 Å². The summed E-state index contributed by atoms with van der Waals surface area (Å²) in [6.07, 6.45) is 2.00. The van der Waals surface area contributed by atoms with Crippen LogP contribution >= 0.6 is 11.3 Å². The summed E-state index contributed by atoms with van der Waals surface area (Å²) < 4.78 is 0. The van der Waals surface area contributed by atoms with Gasteiger partial charge in [-0.2, -0.15) is 0 Å². The summed E-state index contributed by atoms with van der Waals surface area (Å²) in [4.78, 5) is 8.18. The van der Waals surface area contributed by atoms with Crippen molar-refractivity contribution in [1.82, 2.24) is 20.3 Å². The van der Waals surface area contributed by atoms with Crippen molar-refractivity contribution < 1.29 is 0 Å². The quantitative estimate of drug-likeness (QED) is 0.912. The molecule has 0 bridgehead atoms. The van der Waals surface area contributed by atoms with Crippen LogP contribution in [-0.4, -0.2) is 48.1 Å². The van der Waals surface area contributed by atoms with Crippen molar-refractivity contribution in [3.8, 4) is 10.4 Å². The van der Waals surface area contributed by atoms with E-state index in [2.05, 4.69) is 65.5 Å². The van der Waals surface area contributed by atoms with Crippen LogP contribution in [0.2, 0.25) is 0 Å². The van der Waals surface area contributed by atoms with Crippen molar-refractivity contribution in [2.75, 3.05) is 33.2 Å². The van der Waals surface area contributed by atoms with Gasteiger partial charge in [-0.3, -0.25) is 0 Å². The van der Waals surface area contributed by atoms with Crippen molar-refractivity contribution in [2.45, 2.75) is 26.3 Å². The Labute approximate surface area is 143 Å². The largest absolute Gasteiger partial charge is 0.304 e. The molecule has 2 heterocycles. The molecule has 0 atom stereocenters. The number of nitrogens with zero attached hydrogens (tertiary/aromatic N) is 3. The molecule has 1 fully saturated rings. The second-order valence-corrected chi connectivity index (χ2v) is 7.64. The van der Waals surface area contributed by atoms with Crippen LogP contribution in [0.25, 0.3) is 10.4 Å². The van der Waals surface area contributed by atoms with E-state index in [1.165, 1.54) is 16.0 Å². The molecule has 1 saturated heterocycles. The molecule has 1 N–H and O–H groups in total. The number of thiazole rings is 1. The minimum atomic E-state index is 0.578. The van der Waals surface area contributed by atoms with Crippen LogP contribution in [0.15, 0.2) is 30.5 Å². The number of nitrogens with one attached hydrogen (secondary N) is 1. The van der Waals surface area contributed by atoms with Gasteiger partial charge in [0.25, 0.3) is 0 Å². The average molecular weight is 331 g/mol. The summed E-state index contributed by atoms with van der Waals surface area (Å²) in [7, 11) is 2.18. The molecule has 0 aliphatic carbocycles. The van der Waals surface area contributed by atoms with Crippen molar-refractivity contribution in [2.24, 2.45) is 0 Å². The highest BCUT2D eigenvalue weighted by atomic mass is 32.1. The van der Waals surface area contributed by atoms with Crippen LogP contribution in [0.4, 0.5) is 0 Å². The minimum absolute atomic E-state index is 0.578. The zero-order valence-corrected chi connectivity index (χ0v) is 15.1. The molecule has 3 rings (SSSR count). The van der Waals surface area contributed by atoms with E-state index in [1.54, 1.807) is 11.3 Å². The fourth-order valence-electron chi connectivity index (χ4n) is 2.70. The smallest absolute Gasteiger partial charge is 0.108 e. The Kier molecular flexibility index (Phi) is 5.43. The molecule has 0 saturated carbocycles. The number of hydrogen-bond donors (Lipinski definition) is 1. The molecule has 4 nitrogen and oxygen atoms in total. The van der Waals surface area contributed by atoms with E-state index in [1.807, 2.05) is 6.20 Å². The zero-order chi connectivity index (χ0) is 16.2. The minimum Gasteiger partial charge on any atom is -0.304 e. The molecule has 23 heavy (non-hydrogen) atoms. The summed E-state index contributed by atoms with van der Waals surface area (Å²) in [6, 6.07) is 8.87. The van der Waals surface area contributed by atoms with Gasteiger partial charge in [0.2, 0.25) is 0 Å². The van der Waals surface area contributed by atoms with Crippen molar-refractivity contribution in [1.29, 1.82) is 0 Å². The number of piperazine rings is 1. The zero-order valence-electron chi connectivity index (χ0n) is 14.2. The SMILES string of the molecule is CC(C)c1ccc(-c2cnc(CNN3CCN(C)CC3)s2)cc1. The maximum absolute atomic E-state index is 4.57. The predicted molar refractivity (Wildman–Crippen MR) is 97.5 cm³/mol. The number of rotatable bonds is 5. The van der Waals surface area contributed by atoms with Gasteiger partial charge < -0.3 is 4.90 Å². The fourth-order valence-corrected chi connectivity index (χ4v) is 3.56.